The summed E-state index contributed by atoms with van der Waals surface area (Å²) >= 11 is 0. The number of unbranched alkanes of at least 4 members (excludes halogenated alkanes) is 4. The number of allylic oxidation sites excluding steroid dienone is 1. The van der Waals surface area contributed by atoms with Crippen LogP contribution in [0.2, 0.25) is 0 Å². The molecule has 0 aliphatic rings. The molecule has 0 rings (SSSR count). The summed E-state index contributed by atoms with van der Waals surface area (Å²) in [5, 5.41) is 0. The van der Waals surface area contributed by atoms with Gasteiger partial charge >= 0.3 is 0 Å². The van der Waals surface area contributed by atoms with E-state index < -0.39 is 0 Å². The Morgan fingerprint density at radius 3 is 2.75 bits per heavy atom. The van der Waals surface area contributed by atoms with Crippen molar-refractivity contribution in [2.45, 2.75) is 39.0 Å². The normalized spacial score (nSPS) is 10.4. The van der Waals surface area contributed by atoms with Gasteiger partial charge < -0.3 is 4.74 Å². The molecule has 0 saturated carbocycles. The Hall–Kier alpha value is -0.720. The van der Waals surface area contributed by atoms with Gasteiger partial charge in [-0.3, -0.25) is 0 Å². The molecule has 0 aromatic heterocycles. The summed E-state index contributed by atoms with van der Waals surface area (Å²) in [6.45, 7) is 6.40. The molecule has 0 N–H and O–H groups in total. The summed E-state index contributed by atoms with van der Waals surface area (Å²) in [6, 6.07) is 0. The maximum Gasteiger partial charge on any atom is 0.105 e. The minimum Gasteiger partial charge on any atom is -0.497 e. The van der Waals surface area contributed by atoms with Crippen molar-refractivity contribution in [1.82, 2.24) is 0 Å². The van der Waals surface area contributed by atoms with Crippen molar-refractivity contribution in [2.24, 2.45) is 0 Å². The van der Waals surface area contributed by atoms with E-state index in [4.69, 9.17) is 4.74 Å². The van der Waals surface area contributed by atoms with E-state index in [1.165, 1.54) is 25.7 Å². The first kappa shape index (κ1) is 11.3. The summed E-state index contributed by atoms with van der Waals surface area (Å²) in [5.41, 5.74) is 0. The zero-order valence-corrected chi connectivity index (χ0v) is 8.09. The Balaban J connectivity index is 2.97. The summed E-state index contributed by atoms with van der Waals surface area (Å²) in [4.78, 5) is 0. The van der Waals surface area contributed by atoms with Gasteiger partial charge in [0.2, 0.25) is 0 Å². The van der Waals surface area contributed by atoms with Gasteiger partial charge in [0.15, 0.2) is 0 Å². The Labute approximate surface area is 76.1 Å². The molecule has 0 atom stereocenters. The molecule has 12 heavy (non-hydrogen) atoms. The van der Waals surface area contributed by atoms with Gasteiger partial charge in [0, 0.05) is 0 Å². The molecular weight excluding hydrogens is 148 g/mol. The molecule has 0 unspecified atom stereocenters. The van der Waals surface area contributed by atoms with E-state index in [2.05, 4.69) is 19.6 Å². The van der Waals surface area contributed by atoms with Crippen LogP contribution < -0.4 is 0 Å². The number of rotatable bonds is 8. The average molecular weight is 168 g/mol. The maximum atomic E-state index is 5.09. The van der Waals surface area contributed by atoms with Gasteiger partial charge in [-0.05, 0) is 18.9 Å². The van der Waals surface area contributed by atoms with Crippen LogP contribution in [-0.2, 0) is 4.74 Å². The average Bonchev–Trinajstić information content (AvgIpc) is 2.10. The Kier molecular flexibility index (Phi) is 9.66. The lowest BCUT2D eigenvalue weighted by atomic mass is 10.1. The predicted octanol–water partition coefficient (Wildman–Crippen LogP) is 3.67. The fourth-order valence-electron chi connectivity index (χ4n) is 0.949. The van der Waals surface area contributed by atoms with Crippen LogP contribution in [0.25, 0.3) is 0 Å². The summed E-state index contributed by atoms with van der Waals surface area (Å²) < 4.78 is 5.09. The second kappa shape index (κ2) is 10.3. The van der Waals surface area contributed by atoms with Crippen LogP contribution in [0.5, 0.6) is 0 Å². The first-order valence-electron chi connectivity index (χ1n) is 4.79. The second-order valence-corrected chi connectivity index (χ2v) is 2.84. The molecule has 0 spiro atoms. The Bertz CT molecular complexity index is 116. The second-order valence-electron chi connectivity index (χ2n) is 2.84. The van der Waals surface area contributed by atoms with E-state index in [0.717, 1.165) is 6.42 Å². The fourth-order valence-corrected chi connectivity index (χ4v) is 0.949. The monoisotopic (exact) mass is 168 g/mol. The summed E-state index contributed by atoms with van der Waals surface area (Å²) in [7, 11) is 0. The van der Waals surface area contributed by atoms with Crippen molar-refractivity contribution in [2.75, 3.05) is 6.61 Å². The van der Waals surface area contributed by atoms with Gasteiger partial charge in [-0.1, -0.05) is 38.8 Å². The van der Waals surface area contributed by atoms with Crippen LogP contribution in [-0.4, -0.2) is 6.61 Å². The van der Waals surface area contributed by atoms with Crippen molar-refractivity contribution >= 4 is 0 Å². The van der Waals surface area contributed by atoms with Crippen LogP contribution in [0.15, 0.2) is 25.0 Å². The summed E-state index contributed by atoms with van der Waals surface area (Å²) in [6.07, 6.45) is 12.0. The molecule has 0 bridgehead atoms. The van der Waals surface area contributed by atoms with Crippen LogP contribution >= 0.6 is 0 Å². The van der Waals surface area contributed by atoms with Gasteiger partial charge in [-0.25, -0.2) is 0 Å². The van der Waals surface area contributed by atoms with Crippen molar-refractivity contribution in [3.05, 3.63) is 25.0 Å². The minimum absolute atomic E-state index is 0.617. The lowest BCUT2D eigenvalue weighted by Gasteiger charge is -1.95. The van der Waals surface area contributed by atoms with E-state index in [1.54, 1.807) is 12.3 Å². The van der Waals surface area contributed by atoms with Crippen LogP contribution in [0.1, 0.15) is 39.0 Å². The molecule has 0 heterocycles. The quantitative estimate of drug-likeness (QED) is 0.305. The molecule has 70 valence electrons. The highest BCUT2D eigenvalue weighted by molar-refractivity contribution is 4.75. The highest BCUT2D eigenvalue weighted by Gasteiger charge is 1.83. The standard InChI is InChI=1S/C11H20O/c1-3-5-6-7-8-9-11-12-10-4-2/h4,9,11H,2-3,5-8,10H2,1H3/b11-9-. The van der Waals surface area contributed by atoms with Crippen molar-refractivity contribution < 1.29 is 4.74 Å². The lowest BCUT2D eigenvalue weighted by molar-refractivity contribution is 0.288. The lowest BCUT2D eigenvalue weighted by Crippen LogP contribution is -1.79. The first-order chi connectivity index (χ1) is 5.91. The van der Waals surface area contributed by atoms with E-state index in [0.29, 0.717) is 6.61 Å². The third kappa shape index (κ3) is 9.28. The van der Waals surface area contributed by atoms with Crippen LogP contribution in [0, 0.1) is 0 Å². The smallest absolute Gasteiger partial charge is 0.105 e. The van der Waals surface area contributed by atoms with E-state index in [-0.39, 0.29) is 0 Å². The molecule has 0 aliphatic carbocycles. The number of hydrogen-bond donors (Lipinski definition) is 0. The molecule has 1 nitrogen and oxygen atoms in total. The summed E-state index contributed by atoms with van der Waals surface area (Å²) in [5.74, 6) is 0. The largest absolute Gasteiger partial charge is 0.497 e. The highest BCUT2D eigenvalue weighted by Crippen LogP contribution is 2.02. The molecule has 0 aliphatic heterocycles. The molecular formula is C11H20O. The van der Waals surface area contributed by atoms with E-state index >= 15 is 0 Å². The molecule has 0 radical (unpaired) electrons. The minimum atomic E-state index is 0.617. The molecule has 1 heteroatoms. The zero-order valence-electron chi connectivity index (χ0n) is 8.09. The van der Waals surface area contributed by atoms with E-state index in [9.17, 15) is 0 Å². The first-order valence-corrected chi connectivity index (χ1v) is 4.79. The number of hydrogen-bond acceptors (Lipinski definition) is 1. The molecule has 0 saturated heterocycles. The topological polar surface area (TPSA) is 9.23 Å². The van der Waals surface area contributed by atoms with Crippen LogP contribution in [0.3, 0.4) is 0 Å². The van der Waals surface area contributed by atoms with E-state index in [1.807, 2.05) is 0 Å². The van der Waals surface area contributed by atoms with Crippen molar-refractivity contribution in [3.8, 4) is 0 Å². The predicted molar refractivity (Wildman–Crippen MR) is 54.0 cm³/mol. The van der Waals surface area contributed by atoms with Crippen LogP contribution in [0.4, 0.5) is 0 Å². The van der Waals surface area contributed by atoms with Gasteiger partial charge in [0.25, 0.3) is 0 Å². The van der Waals surface area contributed by atoms with Crippen molar-refractivity contribution in [1.29, 1.82) is 0 Å². The highest BCUT2D eigenvalue weighted by atomic mass is 16.5. The van der Waals surface area contributed by atoms with Gasteiger partial charge in [0.05, 0.1) is 6.26 Å². The molecule has 0 aromatic rings. The maximum absolute atomic E-state index is 5.09. The Morgan fingerprint density at radius 1 is 1.25 bits per heavy atom. The van der Waals surface area contributed by atoms with Gasteiger partial charge in [0.1, 0.15) is 6.61 Å². The number of ether oxygens (including phenoxy) is 1. The molecule has 0 fully saturated rings. The molecule has 0 aromatic carbocycles. The molecule has 0 amide bonds. The SMILES string of the molecule is C=CCO/C=C\CCCCCC. The fraction of sp³-hybridized carbons (Fsp3) is 0.636. The van der Waals surface area contributed by atoms with Gasteiger partial charge in [-0.2, -0.15) is 0 Å². The van der Waals surface area contributed by atoms with Crippen molar-refractivity contribution in [3.63, 3.8) is 0 Å². The Morgan fingerprint density at radius 2 is 2.08 bits per heavy atom. The van der Waals surface area contributed by atoms with Gasteiger partial charge in [-0.15, -0.1) is 0 Å². The third-order valence-corrected chi connectivity index (χ3v) is 1.63. The zero-order chi connectivity index (χ0) is 9.07. The third-order valence-electron chi connectivity index (χ3n) is 1.63.